The van der Waals surface area contributed by atoms with Gasteiger partial charge in [0.2, 0.25) is 0 Å². The second-order valence-corrected chi connectivity index (χ2v) is 4.66. The summed E-state index contributed by atoms with van der Waals surface area (Å²) in [5.74, 6) is 0.926. The molecule has 1 rings (SSSR count). The van der Waals surface area contributed by atoms with Gasteiger partial charge < -0.3 is 10.9 Å². The van der Waals surface area contributed by atoms with Gasteiger partial charge in [-0.25, -0.2) is 9.97 Å². The molecule has 5 nitrogen and oxygen atoms in total. The molecule has 16 heavy (non-hydrogen) atoms. The van der Waals surface area contributed by atoms with Crippen molar-refractivity contribution >= 4 is 17.6 Å². The summed E-state index contributed by atoms with van der Waals surface area (Å²) >= 11 is 1.51. The van der Waals surface area contributed by atoms with Crippen molar-refractivity contribution in [2.24, 2.45) is 16.8 Å². The SMILES string of the molecule is Cc1cc(C)nc(SCC(C)C(N)=NO)n1. The molecule has 1 atom stereocenters. The molecule has 1 aromatic heterocycles. The first kappa shape index (κ1) is 12.8. The van der Waals surface area contributed by atoms with Crippen LogP contribution >= 0.6 is 11.8 Å². The first-order chi connectivity index (χ1) is 7.52. The van der Waals surface area contributed by atoms with Gasteiger partial charge in [0.1, 0.15) is 5.84 Å². The van der Waals surface area contributed by atoms with Crippen LogP contribution in [0, 0.1) is 19.8 Å². The van der Waals surface area contributed by atoms with E-state index in [0.717, 1.165) is 16.5 Å². The molecule has 0 bridgehead atoms. The van der Waals surface area contributed by atoms with Crippen LogP contribution in [0.2, 0.25) is 0 Å². The zero-order valence-corrected chi connectivity index (χ0v) is 10.5. The highest BCUT2D eigenvalue weighted by Crippen LogP contribution is 2.17. The van der Waals surface area contributed by atoms with Gasteiger partial charge in [0, 0.05) is 23.1 Å². The van der Waals surface area contributed by atoms with E-state index >= 15 is 0 Å². The second kappa shape index (κ2) is 5.69. The standard InChI is InChI=1S/C10H16N4OS/c1-6(9(11)14-15)5-16-10-12-7(2)4-8(3)13-10/h4,6,15H,5H2,1-3H3,(H2,11,14). The summed E-state index contributed by atoms with van der Waals surface area (Å²) in [6, 6.07) is 1.93. The number of rotatable bonds is 4. The molecule has 0 saturated heterocycles. The third kappa shape index (κ3) is 3.69. The van der Waals surface area contributed by atoms with Crippen LogP contribution in [-0.2, 0) is 0 Å². The average Bonchev–Trinajstić information content (AvgIpc) is 2.23. The van der Waals surface area contributed by atoms with Crippen molar-refractivity contribution in [1.82, 2.24) is 9.97 Å². The molecule has 3 N–H and O–H groups in total. The molecule has 0 aliphatic rings. The van der Waals surface area contributed by atoms with Gasteiger partial charge in [0.15, 0.2) is 5.16 Å². The fraction of sp³-hybridized carbons (Fsp3) is 0.500. The fourth-order valence-electron chi connectivity index (χ4n) is 1.14. The highest BCUT2D eigenvalue weighted by Gasteiger charge is 2.09. The van der Waals surface area contributed by atoms with E-state index in [1.807, 2.05) is 26.8 Å². The van der Waals surface area contributed by atoms with Crippen LogP contribution in [0.4, 0.5) is 0 Å². The Hall–Kier alpha value is -1.30. The first-order valence-corrected chi connectivity index (χ1v) is 5.94. The minimum atomic E-state index is -0.000539. The number of hydrogen-bond donors (Lipinski definition) is 2. The van der Waals surface area contributed by atoms with Crippen LogP contribution in [-0.4, -0.2) is 26.8 Å². The number of amidine groups is 1. The number of oxime groups is 1. The molecule has 1 heterocycles. The molecule has 1 aromatic rings. The Morgan fingerprint density at radius 3 is 2.56 bits per heavy atom. The third-order valence-electron chi connectivity index (χ3n) is 2.04. The molecular weight excluding hydrogens is 224 g/mol. The van der Waals surface area contributed by atoms with Crippen molar-refractivity contribution in [2.75, 3.05) is 5.75 Å². The van der Waals surface area contributed by atoms with Gasteiger partial charge in [-0.2, -0.15) is 0 Å². The van der Waals surface area contributed by atoms with Gasteiger partial charge in [-0.1, -0.05) is 23.8 Å². The first-order valence-electron chi connectivity index (χ1n) is 4.95. The van der Waals surface area contributed by atoms with Crippen LogP contribution in [0.25, 0.3) is 0 Å². The molecular formula is C10H16N4OS. The topological polar surface area (TPSA) is 84.4 Å². The summed E-state index contributed by atoms with van der Waals surface area (Å²) < 4.78 is 0. The van der Waals surface area contributed by atoms with E-state index in [2.05, 4.69) is 15.1 Å². The number of aromatic nitrogens is 2. The van der Waals surface area contributed by atoms with Crippen LogP contribution in [0.15, 0.2) is 16.4 Å². The molecule has 0 amide bonds. The highest BCUT2D eigenvalue weighted by molar-refractivity contribution is 7.99. The lowest BCUT2D eigenvalue weighted by Crippen LogP contribution is -2.23. The minimum Gasteiger partial charge on any atom is -0.409 e. The lowest BCUT2D eigenvalue weighted by atomic mass is 10.2. The van der Waals surface area contributed by atoms with Gasteiger partial charge in [-0.3, -0.25) is 0 Å². The summed E-state index contributed by atoms with van der Waals surface area (Å²) in [5, 5.41) is 12.2. The highest BCUT2D eigenvalue weighted by atomic mass is 32.2. The maximum Gasteiger partial charge on any atom is 0.188 e. The van der Waals surface area contributed by atoms with Gasteiger partial charge >= 0.3 is 0 Å². The summed E-state index contributed by atoms with van der Waals surface area (Å²) in [6.07, 6.45) is 0. The van der Waals surface area contributed by atoms with Crippen LogP contribution in [0.5, 0.6) is 0 Å². The number of nitrogens with zero attached hydrogens (tertiary/aromatic N) is 3. The Morgan fingerprint density at radius 2 is 2.06 bits per heavy atom. The largest absolute Gasteiger partial charge is 0.409 e. The fourth-order valence-corrected chi connectivity index (χ4v) is 2.13. The Balaban J connectivity index is 2.61. The molecule has 0 aliphatic heterocycles. The van der Waals surface area contributed by atoms with Crippen molar-refractivity contribution < 1.29 is 5.21 Å². The van der Waals surface area contributed by atoms with Crippen LogP contribution in [0.3, 0.4) is 0 Å². The summed E-state index contributed by atoms with van der Waals surface area (Å²) in [7, 11) is 0. The van der Waals surface area contributed by atoms with Crippen molar-refractivity contribution in [1.29, 1.82) is 0 Å². The molecule has 6 heteroatoms. The number of aryl methyl sites for hydroxylation is 2. The Kier molecular flexibility index (Phi) is 4.54. The predicted octanol–water partition coefficient (Wildman–Crippen LogP) is 1.57. The van der Waals surface area contributed by atoms with Crippen molar-refractivity contribution in [3.8, 4) is 0 Å². The van der Waals surface area contributed by atoms with Gasteiger partial charge in [-0.15, -0.1) is 0 Å². The Labute approximate surface area is 99.2 Å². The smallest absolute Gasteiger partial charge is 0.188 e. The summed E-state index contributed by atoms with van der Waals surface area (Å²) in [5.41, 5.74) is 7.39. The molecule has 88 valence electrons. The monoisotopic (exact) mass is 240 g/mol. The summed E-state index contributed by atoms with van der Waals surface area (Å²) in [6.45, 7) is 5.77. The van der Waals surface area contributed by atoms with Crippen LogP contribution in [0.1, 0.15) is 18.3 Å². The molecule has 0 spiro atoms. The molecule has 0 saturated carbocycles. The molecule has 0 radical (unpaired) electrons. The van der Waals surface area contributed by atoms with Crippen LogP contribution < -0.4 is 5.73 Å². The molecule has 0 aromatic carbocycles. The minimum absolute atomic E-state index is 0.000539. The van der Waals surface area contributed by atoms with E-state index < -0.39 is 0 Å². The predicted molar refractivity (Wildman–Crippen MR) is 64.8 cm³/mol. The number of nitrogens with two attached hydrogens (primary N) is 1. The zero-order valence-electron chi connectivity index (χ0n) is 9.64. The molecule has 1 unspecified atom stereocenters. The lowest BCUT2D eigenvalue weighted by Gasteiger charge is -2.08. The maximum atomic E-state index is 8.51. The molecule has 0 fully saturated rings. The van der Waals surface area contributed by atoms with Crippen molar-refractivity contribution in [3.05, 3.63) is 17.5 Å². The van der Waals surface area contributed by atoms with Gasteiger partial charge in [0.05, 0.1) is 0 Å². The number of hydrogen-bond acceptors (Lipinski definition) is 5. The second-order valence-electron chi connectivity index (χ2n) is 3.67. The summed E-state index contributed by atoms with van der Waals surface area (Å²) in [4.78, 5) is 8.60. The van der Waals surface area contributed by atoms with E-state index in [9.17, 15) is 0 Å². The molecule has 0 aliphatic carbocycles. The van der Waals surface area contributed by atoms with E-state index in [4.69, 9.17) is 10.9 Å². The third-order valence-corrected chi connectivity index (χ3v) is 3.15. The average molecular weight is 240 g/mol. The lowest BCUT2D eigenvalue weighted by molar-refractivity contribution is 0.315. The Bertz CT molecular complexity index is 374. The zero-order chi connectivity index (χ0) is 12.1. The maximum absolute atomic E-state index is 8.51. The Morgan fingerprint density at radius 1 is 1.50 bits per heavy atom. The van der Waals surface area contributed by atoms with E-state index in [-0.39, 0.29) is 11.8 Å². The van der Waals surface area contributed by atoms with E-state index in [1.54, 1.807) is 0 Å². The quantitative estimate of drug-likeness (QED) is 0.208. The number of thioether (sulfide) groups is 1. The van der Waals surface area contributed by atoms with Gasteiger partial charge in [-0.05, 0) is 19.9 Å². The van der Waals surface area contributed by atoms with Gasteiger partial charge in [0.25, 0.3) is 0 Å². The van der Waals surface area contributed by atoms with Crippen molar-refractivity contribution in [3.63, 3.8) is 0 Å². The van der Waals surface area contributed by atoms with E-state index in [0.29, 0.717) is 5.75 Å². The normalized spacial score (nSPS) is 13.8. The van der Waals surface area contributed by atoms with E-state index in [1.165, 1.54) is 11.8 Å². The van der Waals surface area contributed by atoms with Crippen molar-refractivity contribution in [2.45, 2.75) is 25.9 Å².